The first-order chi connectivity index (χ1) is 9.76. The Kier molecular flexibility index (Phi) is 5.56. The molecule has 20 heavy (non-hydrogen) atoms. The number of aromatic nitrogens is 1. The molecule has 0 aliphatic heterocycles. The molecule has 3 nitrogen and oxygen atoms in total. The van der Waals surface area contributed by atoms with Crippen molar-refractivity contribution in [2.45, 2.75) is 39.7 Å². The van der Waals surface area contributed by atoms with Crippen LogP contribution in [0.25, 0.3) is 0 Å². The maximum atomic E-state index is 9.25. The lowest BCUT2D eigenvalue weighted by Gasteiger charge is -2.05. The van der Waals surface area contributed by atoms with Crippen molar-refractivity contribution in [3.05, 3.63) is 45.4 Å². The van der Waals surface area contributed by atoms with Crippen LogP contribution < -0.4 is 4.74 Å². The Morgan fingerprint density at radius 1 is 1.15 bits per heavy atom. The first-order valence-corrected chi connectivity index (χ1v) is 7.88. The van der Waals surface area contributed by atoms with Gasteiger partial charge in [0.25, 0.3) is 0 Å². The van der Waals surface area contributed by atoms with Gasteiger partial charge in [0.05, 0.1) is 28.8 Å². The summed E-state index contributed by atoms with van der Waals surface area (Å²) >= 11 is 1.58. The minimum Gasteiger partial charge on any atom is -0.493 e. The highest BCUT2D eigenvalue weighted by molar-refractivity contribution is 7.11. The summed E-state index contributed by atoms with van der Waals surface area (Å²) in [5.74, 6) is 0.900. The normalized spacial score (nSPS) is 10.8. The third-order valence-electron chi connectivity index (χ3n) is 3.22. The summed E-state index contributed by atoms with van der Waals surface area (Å²) in [6.45, 7) is 4.90. The van der Waals surface area contributed by atoms with Crippen LogP contribution in [0.3, 0.4) is 0 Å². The average Bonchev–Trinajstić information content (AvgIpc) is 2.90. The van der Waals surface area contributed by atoms with Gasteiger partial charge in [-0.15, -0.1) is 11.3 Å². The predicted octanol–water partition coefficient (Wildman–Crippen LogP) is 3.38. The van der Waals surface area contributed by atoms with Gasteiger partial charge in [0.2, 0.25) is 0 Å². The van der Waals surface area contributed by atoms with E-state index in [4.69, 9.17) is 4.74 Å². The summed E-state index contributed by atoms with van der Waals surface area (Å²) in [5.41, 5.74) is 2.33. The SMILES string of the molecule is CCc1ccc(OCCc2nc(CC)c(CO)s2)cc1. The summed E-state index contributed by atoms with van der Waals surface area (Å²) in [6.07, 6.45) is 2.70. The van der Waals surface area contributed by atoms with E-state index in [-0.39, 0.29) is 6.61 Å². The molecule has 108 valence electrons. The lowest BCUT2D eigenvalue weighted by atomic mass is 10.2. The van der Waals surface area contributed by atoms with Crippen molar-refractivity contribution in [1.29, 1.82) is 0 Å². The number of hydrogen-bond donors (Lipinski definition) is 1. The van der Waals surface area contributed by atoms with Gasteiger partial charge in [0.1, 0.15) is 5.75 Å². The number of rotatable bonds is 7. The second-order valence-electron chi connectivity index (χ2n) is 4.59. The van der Waals surface area contributed by atoms with Crippen LogP contribution in [0.4, 0.5) is 0 Å². The van der Waals surface area contributed by atoms with Gasteiger partial charge in [0.15, 0.2) is 0 Å². The van der Waals surface area contributed by atoms with Crippen molar-refractivity contribution in [3.63, 3.8) is 0 Å². The zero-order chi connectivity index (χ0) is 14.4. The monoisotopic (exact) mass is 291 g/mol. The molecule has 1 N–H and O–H groups in total. The second kappa shape index (κ2) is 7.41. The molecule has 4 heteroatoms. The van der Waals surface area contributed by atoms with Crippen LogP contribution in [0, 0.1) is 0 Å². The molecule has 0 unspecified atom stereocenters. The van der Waals surface area contributed by atoms with Crippen LogP contribution in [0.1, 0.15) is 35.0 Å². The van der Waals surface area contributed by atoms with Crippen LogP contribution >= 0.6 is 11.3 Å². The third kappa shape index (κ3) is 3.81. The fourth-order valence-electron chi connectivity index (χ4n) is 2.02. The lowest BCUT2D eigenvalue weighted by Crippen LogP contribution is -2.01. The van der Waals surface area contributed by atoms with Gasteiger partial charge in [-0.3, -0.25) is 0 Å². The summed E-state index contributed by atoms with van der Waals surface area (Å²) < 4.78 is 5.73. The zero-order valence-electron chi connectivity index (χ0n) is 12.1. The van der Waals surface area contributed by atoms with Crippen LogP contribution in [0.2, 0.25) is 0 Å². The molecule has 0 saturated carbocycles. The summed E-state index contributed by atoms with van der Waals surface area (Å²) in [4.78, 5) is 5.52. The molecule has 1 heterocycles. The molecule has 1 aromatic carbocycles. The second-order valence-corrected chi connectivity index (χ2v) is 5.75. The van der Waals surface area contributed by atoms with Crippen molar-refractivity contribution in [3.8, 4) is 5.75 Å². The first-order valence-electron chi connectivity index (χ1n) is 7.06. The van der Waals surface area contributed by atoms with Crippen molar-refractivity contribution in [2.24, 2.45) is 0 Å². The number of benzene rings is 1. The van der Waals surface area contributed by atoms with Crippen LogP contribution in [0.5, 0.6) is 5.75 Å². The van der Waals surface area contributed by atoms with Crippen molar-refractivity contribution in [2.75, 3.05) is 6.61 Å². The Morgan fingerprint density at radius 3 is 2.45 bits per heavy atom. The van der Waals surface area contributed by atoms with E-state index < -0.39 is 0 Å². The molecule has 0 aliphatic rings. The molecule has 1 aromatic heterocycles. The Hall–Kier alpha value is -1.39. The van der Waals surface area contributed by atoms with Gasteiger partial charge in [0, 0.05) is 6.42 Å². The van der Waals surface area contributed by atoms with Gasteiger partial charge in [-0.2, -0.15) is 0 Å². The number of hydrogen-bond acceptors (Lipinski definition) is 4. The Labute approximate surface area is 124 Å². The number of aliphatic hydroxyl groups excluding tert-OH is 1. The van der Waals surface area contributed by atoms with E-state index in [1.807, 2.05) is 12.1 Å². The maximum absolute atomic E-state index is 9.25. The number of nitrogens with zero attached hydrogens (tertiary/aromatic N) is 1. The van der Waals surface area contributed by atoms with E-state index in [2.05, 4.69) is 31.0 Å². The lowest BCUT2D eigenvalue weighted by molar-refractivity contribution is 0.284. The fourth-order valence-corrected chi connectivity index (χ4v) is 3.02. The van der Waals surface area contributed by atoms with E-state index in [0.29, 0.717) is 6.61 Å². The third-order valence-corrected chi connectivity index (χ3v) is 4.36. The van der Waals surface area contributed by atoms with Crippen molar-refractivity contribution >= 4 is 11.3 Å². The first kappa shape index (κ1) is 15.0. The molecular weight excluding hydrogens is 270 g/mol. The highest BCUT2D eigenvalue weighted by Crippen LogP contribution is 2.20. The highest BCUT2D eigenvalue weighted by Gasteiger charge is 2.08. The predicted molar refractivity (Wildman–Crippen MR) is 82.4 cm³/mol. The van der Waals surface area contributed by atoms with E-state index in [9.17, 15) is 5.11 Å². The van der Waals surface area contributed by atoms with Gasteiger partial charge < -0.3 is 9.84 Å². The van der Waals surface area contributed by atoms with Crippen LogP contribution in [-0.2, 0) is 25.9 Å². The molecule has 0 amide bonds. The summed E-state index contributed by atoms with van der Waals surface area (Å²) in [6, 6.07) is 8.21. The Morgan fingerprint density at radius 2 is 1.90 bits per heavy atom. The zero-order valence-corrected chi connectivity index (χ0v) is 12.9. The minimum absolute atomic E-state index is 0.0835. The molecule has 0 atom stereocenters. The highest BCUT2D eigenvalue weighted by atomic mass is 32.1. The summed E-state index contributed by atoms with van der Waals surface area (Å²) in [5, 5.41) is 10.3. The number of aryl methyl sites for hydroxylation is 2. The number of thiazole rings is 1. The topological polar surface area (TPSA) is 42.4 Å². The smallest absolute Gasteiger partial charge is 0.119 e. The largest absolute Gasteiger partial charge is 0.493 e. The van der Waals surface area contributed by atoms with Crippen molar-refractivity contribution < 1.29 is 9.84 Å². The average molecular weight is 291 g/mol. The van der Waals surface area contributed by atoms with Gasteiger partial charge in [-0.1, -0.05) is 26.0 Å². The molecule has 0 saturated heterocycles. The molecule has 0 radical (unpaired) electrons. The molecule has 0 aliphatic carbocycles. The van der Waals surface area contributed by atoms with E-state index in [0.717, 1.165) is 40.6 Å². The maximum Gasteiger partial charge on any atom is 0.119 e. The Bertz CT molecular complexity index is 512. The van der Waals surface area contributed by atoms with Gasteiger partial charge in [-0.25, -0.2) is 4.98 Å². The standard InChI is InChI=1S/C16H21NO2S/c1-3-12-5-7-13(8-6-12)19-10-9-16-17-14(4-2)15(11-18)20-16/h5-8,18H,3-4,9-11H2,1-2H3. The van der Waals surface area contributed by atoms with E-state index >= 15 is 0 Å². The van der Waals surface area contributed by atoms with E-state index in [1.165, 1.54) is 5.56 Å². The van der Waals surface area contributed by atoms with Crippen LogP contribution in [0.15, 0.2) is 24.3 Å². The molecule has 2 rings (SSSR count). The number of aliphatic hydroxyl groups is 1. The molecule has 0 fully saturated rings. The molecule has 0 spiro atoms. The van der Waals surface area contributed by atoms with Gasteiger partial charge in [-0.05, 0) is 30.5 Å². The summed E-state index contributed by atoms with van der Waals surface area (Å²) in [7, 11) is 0. The van der Waals surface area contributed by atoms with Crippen molar-refractivity contribution in [1.82, 2.24) is 4.98 Å². The molecule has 2 aromatic rings. The molecule has 0 bridgehead atoms. The molecular formula is C16H21NO2S. The number of ether oxygens (including phenoxy) is 1. The minimum atomic E-state index is 0.0835. The van der Waals surface area contributed by atoms with E-state index in [1.54, 1.807) is 11.3 Å². The van der Waals surface area contributed by atoms with Gasteiger partial charge >= 0.3 is 0 Å². The quantitative estimate of drug-likeness (QED) is 0.850. The van der Waals surface area contributed by atoms with Crippen LogP contribution in [-0.4, -0.2) is 16.7 Å². The fraction of sp³-hybridized carbons (Fsp3) is 0.438. The Balaban J connectivity index is 1.87.